The highest BCUT2D eigenvalue weighted by molar-refractivity contribution is 9.10. The predicted molar refractivity (Wildman–Crippen MR) is 107 cm³/mol. The maximum Gasteiger partial charge on any atom is 0.246 e. The summed E-state index contributed by atoms with van der Waals surface area (Å²) in [5, 5.41) is 8.97. The molecule has 132 valence electrons. The highest BCUT2D eigenvalue weighted by atomic mass is 79.9. The zero-order valence-electron chi connectivity index (χ0n) is 13.9. The minimum absolute atomic E-state index is 0.0576. The lowest BCUT2D eigenvalue weighted by Crippen LogP contribution is -2.48. The lowest BCUT2D eigenvalue weighted by atomic mass is 10.2. The average molecular weight is 421 g/mol. The van der Waals surface area contributed by atoms with Crippen molar-refractivity contribution < 1.29 is 9.90 Å². The van der Waals surface area contributed by atoms with E-state index >= 15 is 0 Å². The summed E-state index contributed by atoms with van der Waals surface area (Å²) in [6.45, 7) is 3.95. The molecule has 1 aromatic carbocycles. The third kappa shape index (κ3) is 5.01. The Hall–Kier alpha value is -1.47. The lowest BCUT2D eigenvalue weighted by molar-refractivity contribution is -0.127. The molecule has 6 heteroatoms. The van der Waals surface area contributed by atoms with Gasteiger partial charge in [0.1, 0.15) is 0 Å². The number of nitrogens with zero attached hydrogens (tertiary/aromatic N) is 2. The largest absolute Gasteiger partial charge is 0.395 e. The van der Waals surface area contributed by atoms with Crippen LogP contribution in [0.2, 0.25) is 0 Å². The van der Waals surface area contributed by atoms with Gasteiger partial charge in [-0.25, -0.2) is 0 Å². The van der Waals surface area contributed by atoms with Crippen molar-refractivity contribution in [1.82, 2.24) is 9.80 Å². The van der Waals surface area contributed by atoms with Crippen LogP contribution in [0.5, 0.6) is 0 Å². The molecule has 0 bridgehead atoms. The van der Waals surface area contributed by atoms with Crippen LogP contribution in [0, 0.1) is 0 Å². The molecule has 3 rings (SSSR count). The highest BCUT2D eigenvalue weighted by Gasteiger charge is 2.18. The van der Waals surface area contributed by atoms with Gasteiger partial charge in [0.15, 0.2) is 0 Å². The van der Waals surface area contributed by atoms with E-state index in [1.165, 1.54) is 10.4 Å². The summed E-state index contributed by atoms with van der Waals surface area (Å²) in [5.41, 5.74) is 1.18. The lowest BCUT2D eigenvalue weighted by Gasteiger charge is -2.33. The van der Waals surface area contributed by atoms with Crippen LogP contribution in [0.15, 0.2) is 46.9 Å². The fourth-order valence-corrected chi connectivity index (χ4v) is 3.98. The van der Waals surface area contributed by atoms with Crippen LogP contribution in [0.4, 0.5) is 0 Å². The third-order valence-corrected chi connectivity index (χ3v) is 5.87. The number of halogens is 1. The van der Waals surface area contributed by atoms with Crippen LogP contribution in [0.25, 0.3) is 16.5 Å². The molecule has 0 spiro atoms. The number of benzene rings is 1. The van der Waals surface area contributed by atoms with Gasteiger partial charge in [-0.3, -0.25) is 9.69 Å². The van der Waals surface area contributed by atoms with Crippen molar-refractivity contribution in [2.45, 2.75) is 0 Å². The summed E-state index contributed by atoms with van der Waals surface area (Å²) >= 11 is 5.13. The molecular formula is C19H21BrN2O2S. The number of piperazine rings is 1. The Morgan fingerprint density at radius 3 is 2.52 bits per heavy atom. The fourth-order valence-electron chi connectivity index (χ4n) is 2.80. The maximum atomic E-state index is 12.3. The van der Waals surface area contributed by atoms with Crippen molar-refractivity contribution >= 4 is 39.2 Å². The molecule has 0 saturated carbocycles. The molecule has 1 aliphatic rings. The Morgan fingerprint density at radius 1 is 1.12 bits per heavy atom. The first-order valence-corrected chi connectivity index (χ1v) is 9.92. The van der Waals surface area contributed by atoms with Crippen LogP contribution >= 0.6 is 27.3 Å². The van der Waals surface area contributed by atoms with Gasteiger partial charge < -0.3 is 10.0 Å². The zero-order chi connectivity index (χ0) is 17.6. The van der Waals surface area contributed by atoms with Gasteiger partial charge in [-0.15, -0.1) is 11.3 Å². The van der Waals surface area contributed by atoms with Gasteiger partial charge in [0.2, 0.25) is 5.91 Å². The van der Waals surface area contributed by atoms with Gasteiger partial charge in [0, 0.05) is 53.0 Å². The molecule has 0 radical (unpaired) electrons. The number of hydrogen-bond acceptors (Lipinski definition) is 4. The number of aliphatic hydroxyl groups excluding tert-OH is 1. The van der Waals surface area contributed by atoms with E-state index in [2.05, 4.69) is 39.0 Å². The quantitative estimate of drug-likeness (QED) is 0.754. The number of β-amino-alcohol motifs (C(OH)–C–C–N with tert-alkyl or cyclic N) is 1. The van der Waals surface area contributed by atoms with Crippen LogP contribution < -0.4 is 0 Å². The molecule has 1 saturated heterocycles. The van der Waals surface area contributed by atoms with Crippen LogP contribution in [0.3, 0.4) is 0 Å². The van der Waals surface area contributed by atoms with Crippen molar-refractivity contribution in [1.29, 1.82) is 0 Å². The average Bonchev–Trinajstić information content (AvgIpc) is 3.10. The van der Waals surface area contributed by atoms with E-state index in [0.717, 1.165) is 35.5 Å². The maximum absolute atomic E-state index is 12.3. The Balaban J connectivity index is 1.57. The van der Waals surface area contributed by atoms with E-state index in [0.29, 0.717) is 6.54 Å². The van der Waals surface area contributed by atoms with Crippen molar-refractivity contribution in [2.75, 3.05) is 39.3 Å². The Kier molecular flexibility index (Phi) is 6.42. The number of carbonyl (C=O) groups excluding carboxylic acids is 1. The molecule has 2 heterocycles. The minimum atomic E-state index is 0.0576. The van der Waals surface area contributed by atoms with E-state index in [9.17, 15) is 4.79 Å². The van der Waals surface area contributed by atoms with E-state index < -0.39 is 0 Å². The summed E-state index contributed by atoms with van der Waals surface area (Å²) in [6, 6.07) is 12.4. The summed E-state index contributed by atoms with van der Waals surface area (Å²) < 4.78 is 1.07. The zero-order valence-corrected chi connectivity index (χ0v) is 16.3. The molecule has 1 N–H and O–H groups in total. The Labute approximate surface area is 160 Å². The number of rotatable bonds is 5. The Bertz CT molecular complexity index is 734. The Morgan fingerprint density at radius 2 is 1.84 bits per heavy atom. The van der Waals surface area contributed by atoms with Crippen LogP contribution in [-0.4, -0.2) is 60.1 Å². The molecule has 1 aromatic heterocycles. The van der Waals surface area contributed by atoms with Crippen molar-refractivity contribution in [3.8, 4) is 10.4 Å². The van der Waals surface area contributed by atoms with E-state index in [-0.39, 0.29) is 12.5 Å². The monoisotopic (exact) mass is 420 g/mol. The van der Waals surface area contributed by atoms with Gasteiger partial charge in [-0.1, -0.05) is 28.1 Å². The molecular weight excluding hydrogens is 400 g/mol. The molecule has 1 aliphatic heterocycles. The smallest absolute Gasteiger partial charge is 0.246 e. The minimum Gasteiger partial charge on any atom is -0.395 e. The molecule has 0 unspecified atom stereocenters. The van der Waals surface area contributed by atoms with Gasteiger partial charge in [-0.05, 0) is 35.9 Å². The normalized spacial score (nSPS) is 15.8. The van der Waals surface area contributed by atoms with Crippen molar-refractivity contribution in [2.24, 2.45) is 0 Å². The fraction of sp³-hybridized carbons (Fsp3) is 0.316. The van der Waals surface area contributed by atoms with E-state index in [1.807, 2.05) is 29.2 Å². The van der Waals surface area contributed by atoms with E-state index in [1.54, 1.807) is 17.4 Å². The van der Waals surface area contributed by atoms with Crippen LogP contribution in [-0.2, 0) is 4.79 Å². The first-order chi connectivity index (χ1) is 12.2. The summed E-state index contributed by atoms with van der Waals surface area (Å²) in [4.78, 5) is 18.6. The summed E-state index contributed by atoms with van der Waals surface area (Å²) in [5.74, 6) is 0.0576. The summed E-state index contributed by atoms with van der Waals surface area (Å²) in [7, 11) is 0. The highest BCUT2D eigenvalue weighted by Crippen LogP contribution is 2.29. The second kappa shape index (κ2) is 8.76. The van der Waals surface area contributed by atoms with Gasteiger partial charge in [0.25, 0.3) is 0 Å². The van der Waals surface area contributed by atoms with Gasteiger partial charge in [0.05, 0.1) is 6.61 Å². The standard InChI is InChI=1S/C19H21BrN2O2S/c20-16-3-1-15(2-4-16)18-7-5-17(25-18)6-8-19(24)22-11-9-21(10-12-22)13-14-23/h1-8,23H,9-14H2/b8-6+. The second-order valence-electron chi connectivity index (χ2n) is 5.93. The topological polar surface area (TPSA) is 43.8 Å². The predicted octanol–water partition coefficient (Wildman–Crippen LogP) is 3.33. The molecule has 1 amide bonds. The van der Waals surface area contributed by atoms with Gasteiger partial charge in [-0.2, -0.15) is 0 Å². The number of hydrogen-bond donors (Lipinski definition) is 1. The number of aliphatic hydroxyl groups is 1. The second-order valence-corrected chi connectivity index (χ2v) is 7.96. The molecule has 25 heavy (non-hydrogen) atoms. The van der Waals surface area contributed by atoms with E-state index in [4.69, 9.17) is 5.11 Å². The number of amides is 1. The first kappa shape index (κ1) is 18.3. The number of carbonyl (C=O) groups is 1. The van der Waals surface area contributed by atoms with Crippen LogP contribution in [0.1, 0.15) is 4.88 Å². The molecule has 0 atom stereocenters. The van der Waals surface area contributed by atoms with Crippen molar-refractivity contribution in [3.63, 3.8) is 0 Å². The third-order valence-electron chi connectivity index (χ3n) is 4.25. The first-order valence-electron chi connectivity index (χ1n) is 8.32. The summed E-state index contributed by atoms with van der Waals surface area (Å²) in [6.07, 6.45) is 3.56. The van der Waals surface area contributed by atoms with Gasteiger partial charge >= 0.3 is 0 Å². The molecule has 1 fully saturated rings. The van der Waals surface area contributed by atoms with Crippen molar-refractivity contribution in [3.05, 3.63) is 51.8 Å². The SMILES string of the molecule is O=C(/C=C/c1ccc(-c2ccc(Br)cc2)s1)N1CCN(CCO)CC1. The molecule has 2 aromatic rings. The molecule has 0 aliphatic carbocycles. The molecule has 4 nitrogen and oxygen atoms in total. The number of thiophene rings is 1.